The maximum absolute atomic E-state index is 11.2. The lowest BCUT2D eigenvalue weighted by molar-refractivity contribution is -0.127. The van der Waals surface area contributed by atoms with Gasteiger partial charge in [-0.15, -0.1) is 23.4 Å². The summed E-state index contributed by atoms with van der Waals surface area (Å²) in [5, 5.41) is 0. The molecule has 0 unspecified atom stereocenters. The highest BCUT2D eigenvalue weighted by Gasteiger charge is 2.06. The first-order valence-electron chi connectivity index (χ1n) is 5.10. The van der Waals surface area contributed by atoms with Gasteiger partial charge in [0.25, 0.3) is 0 Å². The molecule has 0 spiro atoms. The van der Waals surface area contributed by atoms with Crippen LogP contribution in [0.5, 0.6) is 0 Å². The van der Waals surface area contributed by atoms with Crippen LogP contribution in [0.2, 0.25) is 0 Å². The van der Waals surface area contributed by atoms with Crippen molar-refractivity contribution in [1.82, 2.24) is 4.90 Å². The van der Waals surface area contributed by atoms with Gasteiger partial charge in [-0.3, -0.25) is 4.79 Å². The molecule has 2 nitrogen and oxygen atoms in total. The Bertz CT molecular complexity index is 339. The van der Waals surface area contributed by atoms with Gasteiger partial charge < -0.3 is 4.90 Å². The monoisotopic (exact) mass is 257 g/mol. The number of thioether (sulfide) groups is 1. The van der Waals surface area contributed by atoms with Crippen LogP contribution in [0.4, 0.5) is 0 Å². The highest BCUT2D eigenvalue weighted by atomic mass is 35.5. The number of hydrogen-bond donors (Lipinski definition) is 0. The maximum Gasteiger partial charge on any atom is 0.237 e. The zero-order valence-electron chi connectivity index (χ0n) is 9.57. The smallest absolute Gasteiger partial charge is 0.237 e. The van der Waals surface area contributed by atoms with Crippen molar-refractivity contribution in [2.75, 3.05) is 25.7 Å². The lowest BCUT2D eigenvalue weighted by Crippen LogP contribution is -2.29. The topological polar surface area (TPSA) is 20.3 Å². The molecule has 4 heteroatoms. The number of benzene rings is 1. The summed E-state index contributed by atoms with van der Waals surface area (Å²) >= 11 is 7.20. The van der Waals surface area contributed by atoms with Crippen LogP contribution in [-0.4, -0.2) is 36.5 Å². The fourth-order valence-corrected chi connectivity index (χ4v) is 1.93. The molecule has 0 N–H and O–H groups in total. The van der Waals surface area contributed by atoms with Crippen molar-refractivity contribution < 1.29 is 4.79 Å². The molecule has 0 aliphatic heterocycles. The van der Waals surface area contributed by atoms with E-state index in [9.17, 15) is 4.79 Å². The summed E-state index contributed by atoms with van der Waals surface area (Å²) in [7, 11) is 1.78. The summed E-state index contributed by atoms with van der Waals surface area (Å²) < 4.78 is 0. The summed E-state index contributed by atoms with van der Waals surface area (Å²) in [6.07, 6.45) is 2.93. The molecule has 0 aliphatic rings. The van der Waals surface area contributed by atoms with Gasteiger partial charge in [0.05, 0.1) is 0 Å². The number of hydrogen-bond acceptors (Lipinski definition) is 2. The van der Waals surface area contributed by atoms with Crippen molar-refractivity contribution in [2.24, 2.45) is 0 Å². The first-order valence-corrected chi connectivity index (χ1v) is 6.86. The Labute approximate surface area is 106 Å². The third-order valence-corrected chi connectivity index (χ3v) is 3.41. The number of rotatable bonds is 5. The fourth-order valence-electron chi connectivity index (χ4n) is 1.32. The van der Waals surface area contributed by atoms with E-state index in [1.807, 2.05) is 0 Å². The molecule has 0 saturated heterocycles. The van der Waals surface area contributed by atoms with E-state index in [0.29, 0.717) is 6.54 Å². The van der Waals surface area contributed by atoms with E-state index in [0.717, 1.165) is 6.42 Å². The van der Waals surface area contributed by atoms with Crippen LogP contribution >= 0.6 is 23.4 Å². The van der Waals surface area contributed by atoms with Crippen LogP contribution < -0.4 is 0 Å². The summed E-state index contributed by atoms with van der Waals surface area (Å²) in [5.74, 6) is 0.0319. The zero-order chi connectivity index (χ0) is 12.0. The lowest BCUT2D eigenvalue weighted by Gasteiger charge is -2.15. The largest absolute Gasteiger partial charge is 0.344 e. The van der Waals surface area contributed by atoms with E-state index in [4.69, 9.17) is 11.6 Å². The number of nitrogens with zero attached hydrogens (tertiary/aromatic N) is 1. The SMILES string of the molecule is CSc1ccc(CCN(C)C(=O)CCl)cc1. The average Bonchev–Trinajstić information content (AvgIpc) is 2.35. The summed E-state index contributed by atoms with van der Waals surface area (Å²) in [4.78, 5) is 14.1. The van der Waals surface area contributed by atoms with Crippen molar-refractivity contribution in [3.05, 3.63) is 29.8 Å². The van der Waals surface area contributed by atoms with Gasteiger partial charge in [-0.05, 0) is 30.4 Å². The second-order valence-electron chi connectivity index (χ2n) is 3.55. The van der Waals surface area contributed by atoms with Gasteiger partial charge in [0.15, 0.2) is 0 Å². The summed E-state index contributed by atoms with van der Waals surface area (Å²) in [6.45, 7) is 0.712. The highest BCUT2D eigenvalue weighted by Crippen LogP contribution is 2.15. The zero-order valence-corrected chi connectivity index (χ0v) is 11.1. The fraction of sp³-hybridized carbons (Fsp3) is 0.417. The number of likely N-dealkylation sites (N-methyl/N-ethyl adjacent to an activating group) is 1. The molecule has 0 bridgehead atoms. The molecule has 0 saturated carbocycles. The molecule has 0 aliphatic carbocycles. The van der Waals surface area contributed by atoms with Crippen molar-refractivity contribution in [1.29, 1.82) is 0 Å². The number of halogens is 1. The molecule has 1 aromatic carbocycles. The molecular formula is C12H16ClNOS. The quantitative estimate of drug-likeness (QED) is 0.597. The molecule has 1 aromatic rings. The molecule has 0 atom stereocenters. The summed E-state index contributed by atoms with van der Waals surface area (Å²) in [6, 6.07) is 8.41. The highest BCUT2D eigenvalue weighted by molar-refractivity contribution is 7.98. The van der Waals surface area contributed by atoms with Crippen molar-refractivity contribution >= 4 is 29.3 Å². The minimum absolute atomic E-state index is 0.0256. The Morgan fingerprint density at radius 2 is 2.00 bits per heavy atom. The van der Waals surface area contributed by atoms with E-state index < -0.39 is 0 Å². The average molecular weight is 258 g/mol. The van der Waals surface area contributed by atoms with Crippen molar-refractivity contribution in [2.45, 2.75) is 11.3 Å². The molecule has 1 rings (SSSR count). The molecule has 0 radical (unpaired) electrons. The Morgan fingerprint density at radius 3 is 2.50 bits per heavy atom. The van der Waals surface area contributed by atoms with E-state index in [2.05, 4.69) is 30.5 Å². The molecular weight excluding hydrogens is 242 g/mol. The predicted octanol–water partition coefficient (Wildman–Crippen LogP) is 2.65. The maximum atomic E-state index is 11.2. The second kappa shape index (κ2) is 6.81. The number of carbonyl (C=O) groups excluding carboxylic acids is 1. The minimum Gasteiger partial charge on any atom is -0.344 e. The standard InChI is InChI=1S/C12H16ClNOS/c1-14(12(15)9-13)8-7-10-3-5-11(16-2)6-4-10/h3-6H,7-9H2,1-2H3. The van der Waals surface area contributed by atoms with Crippen LogP contribution in [0, 0.1) is 0 Å². The normalized spacial score (nSPS) is 10.2. The Morgan fingerprint density at radius 1 is 1.38 bits per heavy atom. The van der Waals surface area contributed by atoms with Gasteiger partial charge in [0, 0.05) is 18.5 Å². The van der Waals surface area contributed by atoms with Gasteiger partial charge >= 0.3 is 0 Å². The lowest BCUT2D eigenvalue weighted by atomic mass is 10.1. The molecule has 16 heavy (non-hydrogen) atoms. The van der Waals surface area contributed by atoms with Crippen LogP contribution in [0.25, 0.3) is 0 Å². The van der Waals surface area contributed by atoms with Gasteiger partial charge in [-0.2, -0.15) is 0 Å². The van der Waals surface area contributed by atoms with E-state index in [1.165, 1.54) is 10.5 Å². The van der Waals surface area contributed by atoms with Gasteiger partial charge in [0.1, 0.15) is 5.88 Å². The van der Waals surface area contributed by atoms with E-state index >= 15 is 0 Å². The van der Waals surface area contributed by atoms with Crippen LogP contribution in [0.3, 0.4) is 0 Å². The molecule has 88 valence electrons. The Kier molecular flexibility index (Phi) is 5.71. The second-order valence-corrected chi connectivity index (χ2v) is 4.69. The van der Waals surface area contributed by atoms with Gasteiger partial charge in [-0.25, -0.2) is 0 Å². The van der Waals surface area contributed by atoms with Crippen molar-refractivity contribution in [3.63, 3.8) is 0 Å². The van der Waals surface area contributed by atoms with Crippen LogP contribution in [-0.2, 0) is 11.2 Å². The summed E-state index contributed by atoms with van der Waals surface area (Å²) in [5.41, 5.74) is 1.24. The van der Waals surface area contributed by atoms with E-state index in [-0.39, 0.29) is 11.8 Å². The number of carbonyl (C=O) groups is 1. The van der Waals surface area contributed by atoms with Crippen LogP contribution in [0.1, 0.15) is 5.56 Å². The van der Waals surface area contributed by atoms with Crippen LogP contribution in [0.15, 0.2) is 29.2 Å². The Hall–Kier alpha value is -0.670. The molecule has 0 fully saturated rings. The third kappa shape index (κ3) is 4.06. The first kappa shape index (κ1) is 13.4. The van der Waals surface area contributed by atoms with Crippen molar-refractivity contribution in [3.8, 4) is 0 Å². The molecule has 0 aromatic heterocycles. The van der Waals surface area contributed by atoms with Gasteiger partial charge in [-0.1, -0.05) is 12.1 Å². The molecule has 1 amide bonds. The minimum atomic E-state index is -0.0256. The first-order chi connectivity index (χ1) is 7.67. The van der Waals surface area contributed by atoms with Gasteiger partial charge in [0.2, 0.25) is 5.91 Å². The molecule has 0 heterocycles. The predicted molar refractivity (Wildman–Crippen MR) is 70.3 cm³/mol. The third-order valence-electron chi connectivity index (χ3n) is 2.44. The Balaban J connectivity index is 2.45. The van der Waals surface area contributed by atoms with E-state index in [1.54, 1.807) is 23.7 Å². The number of amides is 1. The number of alkyl halides is 1.